The summed E-state index contributed by atoms with van der Waals surface area (Å²) in [5.41, 5.74) is 1.99. The Morgan fingerprint density at radius 3 is 2.50 bits per heavy atom. The van der Waals surface area contributed by atoms with Crippen LogP contribution in [0.2, 0.25) is 0 Å². The van der Waals surface area contributed by atoms with E-state index >= 15 is 0 Å². The average molecular weight is 248 g/mol. The monoisotopic (exact) mass is 248 g/mol. The van der Waals surface area contributed by atoms with Crippen LogP contribution >= 0.6 is 0 Å². The van der Waals surface area contributed by atoms with Crippen LogP contribution in [0.25, 0.3) is 0 Å². The van der Waals surface area contributed by atoms with Gasteiger partial charge in [0.1, 0.15) is 6.04 Å². The second kappa shape index (κ2) is 5.50. The summed E-state index contributed by atoms with van der Waals surface area (Å²) in [6.45, 7) is 5.46. The van der Waals surface area contributed by atoms with E-state index in [1.165, 1.54) is 0 Å². The van der Waals surface area contributed by atoms with E-state index in [1.54, 1.807) is 0 Å². The molecule has 1 unspecified atom stereocenters. The number of nitrogens with zero attached hydrogens (tertiary/aromatic N) is 2. The maximum atomic E-state index is 11.5. The van der Waals surface area contributed by atoms with Crippen LogP contribution in [0.1, 0.15) is 17.2 Å². The molecule has 1 aromatic rings. The molecule has 0 aromatic heterocycles. The first kappa shape index (κ1) is 13.1. The van der Waals surface area contributed by atoms with Crippen molar-refractivity contribution in [2.24, 2.45) is 0 Å². The van der Waals surface area contributed by atoms with Gasteiger partial charge in [-0.2, -0.15) is 0 Å². The lowest BCUT2D eigenvalue weighted by Crippen LogP contribution is -2.47. The summed E-state index contributed by atoms with van der Waals surface area (Å²) in [6, 6.07) is 7.28. The summed E-state index contributed by atoms with van der Waals surface area (Å²) in [5.74, 6) is -0.759. The normalized spacial score (nSPS) is 19.7. The van der Waals surface area contributed by atoms with E-state index in [9.17, 15) is 9.90 Å². The number of likely N-dealkylation sites (N-methyl/N-ethyl adjacent to an activating group) is 1. The summed E-state index contributed by atoms with van der Waals surface area (Å²) >= 11 is 0. The number of hydrogen-bond donors (Lipinski definition) is 1. The number of carbonyl (C=O) groups is 1. The number of aliphatic carboxylic acids is 1. The third-order valence-electron chi connectivity index (χ3n) is 3.49. The number of carboxylic acid groups (broad SMARTS) is 1. The first-order chi connectivity index (χ1) is 8.58. The maximum Gasteiger partial charge on any atom is 0.325 e. The molecule has 0 radical (unpaired) electrons. The predicted molar refractivity (Wildman–Crippen MR) is 70.6 cm³/mol. The molecule has 98 valence electrons. The van der Waals surface area contributed by atoms with Crippen LogP contribution in [0.5, 0.6) is 0 Å². The van der Waals surface area contributed by atoms with Gasteiger partial charge in [-0.3, -0.25) is 9.69 Å². The molecule has 2 rings (SSSR count). The first-order valence-corrected chi connectivity index (χ1v) is 6.30. The summed E-state index contributed by atoms with van der Waals surface area (Å²) in [7, 11) is 2.07. The van der Waals surface area contributed by atoms with Crippen LogP contribution < -0.4 is 0 Å². The molecule has 1 fully saturated rings. The van der Waals surface area contributed by atoms with Crippen molar-refractivity contribution in [3.05, 3.63) is 35.4 Å². The second-order valence-corrected chi connectivity index (χ2v) is 4.99. The molecular formula is C14H20N2O2. The van der Waals surface area contributed by atoms with Gasteiger partial charge in [-0.05, 0) is 19.5 Å². The minimum Gasteiger partial charge on any atom is -0.480 e. The zero-order valence-electron chi connectivity index (χ0n) is 11.0. The predicted octanol–water partition coefficient (Wildman–Crippen LogP) is 1.37. The Balaban J connectivity index is 2.21. The summed E-state index contributed by atoms with van der Waals surface area (Å²) in [6.07, 6.45) is 0. The van der Waals surface area contributed by atoms with E-state index in [-0.39, 0.29) is 0 Å². The Kier molecular flexibility index (Phi) is 3.99. The summed E-state index contributed by atoms with van der Waals surface area (Å²) in [4.78, 5) is 15.8. The van der Waals surface area contributed by atoms with Crippen molar-refractivity contribution in [2.75, 3.05) is 33.2 Å². The molecule has 0 amide bonds. The molecule has 1 aliphatic rings. The van der Waals surface area contributed by atoms with Crippen molar-refractivity contribution >= 4 is 5.97 Å². The fourth-order valence-corrected chi connectivity index (χ4v) is 2.43. The molecule has 0 bridgehead atoms. The molecule has 1 aliphatic heterocycles. The molecule has 4 heteroatoms. The number of carboxylic acids is 1. The summed E-state index contributed by atoms with van der Waals surface area (Å²) < 4.78 is 0. The van der Waals surface area contributed by atoms with Crippen molar-refractivity contribution in [1.29, 1.82) is 0 Å². The smallest absolute Gasteiger partial charge is 0.325 e. The van der Waals surface area contributed by atoms with Crippen LogP contribution in [0.15, 0.2) is 24.3 Å². The molecular weight excluding hydrogens is 228 g/mol. The van der Waals surface area contributed by atoms with E-state index < -0.39 is 12.0 Å². The second-order valence-electron chi connectivity index (χ2n) is 4.99. The van der Waals surface area contributed by atoms with E-state index in [0.717, 1.165) is 37.3 Å². The van der Waals surface area contributed by atoms with Gasteiger partial charge in [0.15, 0.2) is 0 Å². The van der Waals surface area contributed by atoms with Crippen LogP contribution in [0.3, 0.4) is 0 Å². The van der Waals surface area contributed by atoms with Crippen molar-refractivity contribution in [2.45, 2.75) is 13.0 Å². The highest BCUT2D eigenvalue weighted by molar-refractivity contribution is 5.75. The lowest BCUT2D eigenvalue weighted by atomic mass is 10.0. The lowest BCUT2D eigenvalue weighted by molar-refractivity contribution is -0.144. The van der Waals surface area contributed by atoms with E-state index in [4.69, 9.17) is 0 Å². The largest absolute Gasteiger partial charge is 0.480 e. The number of benzene rings is 1. The van der Waals surface area contributed by atoms with Gasteiger partial charge in [-0.15, -0.1) is 0 Å². The molecule has 1 N–H and O–H groups in total. The van der Waals surface area contributed by atoms with Crippen molar-refractivity contribution in [3.8, 4) is 0 Å². The van der Waals surface area contributed by atoms with Crippen molar-refractivity contribution in [3.63, 3.8) is 0 Å². The molecule has 0 aliphatic carbocycles. The Hall–Kier alpha value is -1.39. The Morgan fingerprint density at radius 2 is 1.94 bits per heavy atom. The molecule has 1 saturated heterocycles. The molecule has 1 atom stereocenters. The topological polar surface area (TPSA) is 43.8 Å². The molecule has 1 heterocycles. The van der Waals surface area contributed by atoms with Gasteiger partial charge in [0, 0.05) is 26.2 Å². The average Bonchev–Trinajstić information content (AvgIpc) is 2.32. The highest BCUT2D eigenvalue weighted by atomic mass is 16.4. The van der Waals surface area contributed by atoms with Gasteiger partial charge in [0.2, 0.25) is 0 Å². The van der Waals surface area contributed by atoms with Gasteiger partial charge in [-0.25, -0.2) is 0 Å². The van der Waals surface area contributed by atoms with E-state index in [1.807, 2.05) is 31.2 Å². The zero-order chi connectivity index (χ0) is 13.1. The van der Waals surface area contributed by atoms with Crippen molar-refractivity contribution in [1.82, 2.24) is 9.80 Å². The highest BCUT2D eigenvalue weighted by Gasteiger charge is 2.29. The zero-order valence-corrected chi connectivity index (χ0v) is 11.0. The molecule has 0 spiro atoms. The SMILES string of the molecule is Cc1cccc(C(C(=O)O)N2CCN(C)CC2)c1. The standard InChI is InChI=1S/C14H20N2O2/c1-11-4-3-5-12(10-11)13(14(17)18)16-8-6-15(2)7-9-16/h3-5,10,13H,6-9H2,1-2H3,(H,17,18). The molecule has 4 nitrogen and oxygen atoms in total. The van der Waals surface area contributed by atoms with Crippen LogP contribution in [-0.4, -0.2) is 54.1 Å². The molecule has 1 aromatic carbocycles. The van der Waals surface area contributed by atoms with Gasteiger partial charge >= 0.3 is 5.97 Å². The first-order valence-electron chi connectivity index (χ1n) is 6.30. The van der Waals surface area contributed by atoms with Gasteiger partial charge < -0.3 is 10.0 Å². The van der Waals surface area contributed by atoms with E-state index in [0.29, 0.717) is 0 Å². The number of piperazine rings is 1. The lowest BCUT2D eigenvalue weighted by Gasteiger charge is -2.36. The fraction of sp³-hybridized carbons (Fsp3) is 0.500. The van der Waals surface area contributed by atoms with Gasteiger partial charge in [0.05, 0.1) is 0 Å². The van der Waals surface area contributed by atoms with E-state index in [2.05, 4.69) is 16.8 Å². The Bertz CT molecular complexity index is 426. The van der Waals surface area contributed by atoms with Crippen LogP contribution in [0.4, 0.5) is 0 Å². The Labute approximate surface area is 108 Å². The quantitative estimate of drug-likeness (QED) is 0.877. The van der Waals surface area contributed by atoms with Crippen molar-refractivity contribution < 1.29 is 9.90 Å². The van der Waals surface area contributed by atoms with Gasteiger partial charge in [0.25, 0.3) is 0 Å². The fourth-order valence-electron chi connectivity index (χ4n) is 2.43. The minimum absolute atomic E-state index is 0.515. The number of aryl methyl sites for hydroxylation is 1. The van der Waals surface area contributed by atoms with Crippen LogP contribution in [0, 0.1) is 6.92 Å². The third kappa shape index (κ3) is 2.89. The summed E-state index contributed by atoms with van der Waals surface area (Å²) in [5, 5.41) is 9.48. The molecule has 0 saturated carbocycles. The van der Waals surface area contributed by atoms with Gasteiger partial charge in [-0.1, -0.05) is 29.8 Å². The minimum atomic E-state index is -0.759. The number of hydrogen-bond acceptors (Lipinski definition) is 3. The highest BCUT2D eigenvalue weighted by Crippen LogP contribution is 2.23. The number of rotatable bonds is 3. The third-order valence-corrected chi connectivity index (χ3v) is 3.49. The maximum absolute atomic E-state index is 11.5. The Morgan fingerprint density at radius 1 is 1.28 bits per heavy atom. The molecule has 18 heavy (non-hydrogen) atoms. The van der Waals surface area contributed by atoms with Crippen LogP contribution in [-0.2, 0) is 4.79 Å².